The Bertz CT molecular complexity index is 933. The van der Waals surface area contributed by atoms with Crippen molar-refractivity contribution in [1.82, 2.24) is 0 Å². The van der Waals surface area contributed by atoms with E-state index in [1.165, 1.54) is 24.8 Å². The van der Waals surface area contributed by atoms with Crippen LogP contribution in [0.15, 0.2) is 53.4 Å². The van der Waals surface area contributed by atoms with Gasteiger partial charge < -0.3 is 4.74 Å². The number of nitriles is 1. The molecule has 0 N–H and O–H groups in total. The molecule has 0 unspecified atom stereocenters. The first-order valence-electron chi connectivity index (χ1n) is 8.39. The van der Waals surface area contributed by atoms with Crippen LogP contribution in [-0.4, -0.2) is 27.4 Å². The van der Waals surface area contributed by atoms with Gasteiger partial charge in [0.2, 0.25) is 0 Å². The molecule has 26 heavy (non-hydrogen) atoms. The second-order valence-corrected chi connectivity index (χ2v) is 9.08. The van der Waals surface area contributed by atoms with Crippen LogP contribution >= 0.6 is 11.6 Å². The van der Waals surface area contributed by atoms with Crippen molar-refractivity contribution in [1.29, 1.82) is 5.26 Å². The summed E-state index contributed by atoms with van der Waals surface area (Å²) in [5.41, 5.74) is 0.935. The Morgan fingerprint density at radius 3 is 2.27 bits per heavy atom. The Hall–Kier alpha value is -1.87. The fourth-order valence-corrected chi connectivity index (χ4v) is 6.08. The van der Waals surface area contributed by atoms with Crippen LogP contribution in [0.1, 0.15) is 24.0 Å². The van der Waals surface area contributed by atoms with Gasteiger partial charge in [-0.05, 0) is 41.8 Å². The van der Waals surface area contributed by atoms with Crippen molar-refractivity contribution >= 4 is 21.4 Å². The van der Waals surface area contributed by atoms with Crippen LogP contribution in [0, 0.1) is 16.7 Å². The average Bonchev–Trinajstić information content (AvgIpc) is 3.32. The predicted octanol–water partition coefficient (Wildman–Crippen LogP) is 4.00. The first-order valence-corrected chi connectivity index (χ1v) is 10.3. The maximum atomic E-state index is 13.2. The zero-order chi connectivity index (χ0) is 18.9. The lowest BCUT2D eigenvalue weighted by Crippen LogP contribution is -2.19. The second kappa shape index (κ2) is 7.03. The lowest BCUT2D eigenvalue weighted by Gasteiger charge is -2.08. The zero-order valence-electron chi connectivity index (χ0n) is 14.6. The average molecular weight is 390 g/mol. The molecule has 1 aliphatic carbocycles. The molecule has 4 nitrogen and oxygen atoms in total. The molecule has 0 heterocycles. The third-order valence-electron chi connectivity index (χ3n) is 5.07. The van der Waals surface area contributed by atoms with E-state index in [1.807, 2.05) is 24.3 Å². The van der Waals surface area contributed by atoms with Gasteiger partial charge in [-0.2, -0.15) is 5.26 Å². The topological polar surface area (TPSA) is 67.2 Å². The number of rotatable bonds is 6. The van der Waals surface area contributed by atoms with Crippen molar-refractivity contribution < 1.29 is 13.2 Å². The smallest absolute Gasteiger partial charge is 0.183 e. The molecule has 0 bridgehead atoms. The third-order valence-corrected chi connectivity index (χ3v) is 7.61. The van der Waals surface area contributed by atoms with E-state index in [9.17, 15) is 13.7 Å². The van der Waals surface area contributed by atoms with E-state index in [4.69, 9.17) is 16.3 Å². The molecular weight excluding hydrogens is 370 g/mol. The van der Waals surface area contributed by atoms with Crippen molar-refractivity contribution in [3.8, 4) is 6.07 Å². The fourth-order valence-electron chi connectivity index (χ4n) is 3.64. The minimum atomic E-state index is -3.70. The monoisotopic (exact) mass is 389 g/mol. The number of ether oxygens (including phenoxy) is 1. The summed E-state index contributed by atoms with van der Waals surface area (Å²) in [6, 6.07) is 16.1. The molecule has 0 aliphatic heterocycles. The Labute approximate surface area is 159 Å². The number of hydrogen-bond donors (Lipinski definition) is 0. The summed E-state index contributed by atoms with van der Waals surface area (Å²) in [5.74, 6) is -0.418. The maximum absolute atomic E-state index is 13.2. The molecule has 0 amide bonds. The zero-order valence-corrected chi connectivity index (χ0v) is 16.2. The van der Waals surface area contributed by atoms with Gasteiger partial charge in [0.05, 0.1) is 22.8 Å². The van der Waals surface area contributed by atoms with Crippen molar-refractivity contribution in [2.75, 3.05) is 13.7 Å². The first-order chi connectivity index (χ1) is 12.4. The molecule has 6 heteroatoms. The second-order valence-electron chi connectivity index (χ2n) is 6.58. The maximum Gasteiger partial charge on any atom is 0.183 e. The quantitative estimate of drug-likeness (QED) is 0.748. The minimum absolute atomic E-state index is 0.0706. The molecule has 136 valence electrons. The minimum Gasteiger partial charge on any atom is -0.383 e. The van der Waals surface area contributed by atoms with E-state index in [0.29, 0.717) is 5.02 Å². The van der Waals surface area contributed by atoms with E-state index in [-0.39, 0.29) is 11.5 Å². The number of hydrogen-bond acceptors (Lipinski definition) is 4. The van der Waals surface area contributed by atoms with Gasteiger partial charge in [0.15, 0.2) is 9.84 Å². The number of benzene rings is 2. The predicted molar refractivity (Wildman–Crippen MR) is 101 cm³/mol. The van der Waals surface area contributed by atoms with E-state index in [2.05, 4.69) is 13.0 Å². The summed E-state index contributed by atoms with van der Waals surface area (Å²) in [6.07, 6.45) is 0.902. The fraction of sp³-hybridized carbons (Fsp3) is 0.350. The lowest BCUT2D eigenvalue weighted by atomic mass is 10.00. The molecule has 2 aromatic rings. The van der Waals surface area contributed by atoms with Crippen LogP contribution < -0.4 is 0 Å². The van der Waals surface area contributed by atoms with E-state index < -0.39 is 26.4 Å². The lowest BCUT2D eigenvalue weighted by molar-refractivity contribution is 0.162. The molecule has 0 radical (unpaired) electrons. The van der Waals surface area contributed by atoms with Gasteiger partial charge >= 0.3 is 0 Å². The summed E-state index contributed by atoms with van der Waals surface area (Å²) in [4.78, 5) is 0.176. The van der Waals surface area contributed by atoms with Gasteiger partial charge in [0.1, 0.15) is 5.41 Å². The van der Waals surface area contributed by atoms with Crippen molar-refractivity contribution in [3.63, 3.8) is 0 Å². The van der Waals surface area contributed by atoms with Gasteiger partial charge in [-0.3, -0.25) is 0 Å². The van der Waals surface area contributed by atoms with Crippen molar-refractivity contribution in [2.45, 2.75) is 29.4 Å². The molecule has 0 aromatic heterocycles. The van der Waals surface area contributed by atoms with Crippen LogP contribution in [0.4, 0.5) is 0 Å². The summed E-state index contributed by atoms with van der Waals surface area (Å²) < 4.78 is 31.7. The highest BCUT2D eigenvalue weighted by molar-refractivity contribution is 7.92. The first kappa shape index (κ1) is 18.9. The summed E-state index contributed by atoms with van der Waals surface area (Å²) in [7, 11) is -2.21. The highest BCUT2D eigenvalue weighted by Crippen LogP contribution is 2.63. The van der Waals surface area contributed by atoms with Crippen LogP contribution in [0.3, 0.4) is 0 Å². The molecule has 1 fully saturated rings. The molecule has 1 saturated carbocycles. The SMILES string of the molecule is CCc1ccc([C@@H]2[C@H](S(=O)(=O)c3ccc(Cl)cc3)[C@@]2(C#N)COC)cc1. The van der Waals surface area contributed by atoms with E-state index in [0.717, 1.165) is 12.0 Å². The number of nitrogens with zero attached hydrogens (tertiary/aromatic N) is 1. The molecule has 0 spiro atoms. The van der Waals surface area contributed by atoms with E-state index in [1.54, 1.807) is 12.1 Å². The number of halogens is 1. The highest BCUT2D eigenvalue weighted by Gasteiger charge is 2.72. The van der Waals surface area contributed by atoms with Gasteiger partial charge in [-0.15, -0.1) is 0 Å². The molecule has 2 aromatic carbocycles. The Morgan fingerprint density at radius 2 is 1.77 bits per heavy atom. The van der Waals surface area contributed by atoms with Crippen molar-refractivity contribution in [2.24, 2.45) is 5.41 Å². The molecule has 3 rings (SSSR count). The summed E-state index contributed by atoms with van der Waals surface area (Å²) in [5, 5.41) is 9.46. The summed E-state index contributed by atoms with van der Waals surface area (Å²) in [6.45, 7) is 2.13. The Balaban J connectivity index is 2.05. The Morgan fingerprint density at radius 1 is 1.15 bits per heavy atom. The van der Waals surface area contributed by atoms with Crippen LogP contribution in [0.2, 0.25) is 5.02 Å². The number of methoxy groups -OCH3 is 1. The van der Waals surface area contributed by atoms with Gasteiger partial charge in [0.25, 0.3) is 0 Å². The van der Waals surface area contributed by atoms with E-state index >= 15 is 0 Å². The highest BCUT2D eigenvalue weighted by atomic mass is 35.5. The van der Waals surface area contributed by atoms with Crippen molar-refractivity contribution in [3.05, 3.63) is 64.7 Å². The third kappa shape index (κ3) is 3.03. The number of sulfone groups is 1. The van der Waals surface area contributed by atoms with Gasteiger partial charge in [-0.25, -0.2) is 8.42 Å². The van der Waals surface area contributed by atoms with Gasteiger partial charge in [0, 0.05) is 18.1 Å². The molecule has 3 atom stereocenters. The van der Waals surface area contributed by atoms with Crippen LogP contribution in [0.5, 0.6) is 0 Å². The molecular formula is C20H20ClNO3S. The molecule has 0 saturated heterocycles. The number of aryl methyl sites for hydroxylation is 1. The standard InChI is InChI=1S/C20H20ClNO3S/c1-3-14-4-6-15(7-5-14)18-19(20(18,12-22)13-25-2)26(23,24)17-10-8-16(21)9-11-17/h4-11,18-19H,3,13H2,1-2H3/t18-,19+,20+/m1/s1. The summed E-state index contributed by atoms with van der Waals surface area (Å²) >= 11 is 5.88. The normalized spacial score (nSPS) is 24.8. The van der Waals surface area contributed by atoms with Gasteiger partial charge in [-0.1, -0.05) is 42.8 Å². The largest absolute Gasteiger partial charge is 0.383 e. The Kier molecular flexibility index (Phi) is 5.12. The van der Waals surface area contributed by atoms with Crippen LogP contribution in [0.25, 0.3) is 0 Å². The van der Waals surface area contributed by atoms with Crippen LogP contribution in [-0.2, 0) is 21.0 Å². The molecule has 1 aliphatic rings.